The Bertz CT molecular complexity index is 1700. The van der Waals surface area contributed by atoms with Gasteiger partial charge in [-0.05, 0) is 76.6 Å². The topological polar surface area (TPSA) is 4.41 Å². The van der Waals surface area contributed by atoms with Crippen LogP contribution in [0.5, 0.6) is 0 Å². The molecule has 0 aliphatic rings. The van der Waals surface area contributed by atoms with E-state index in [0.29, 0.717) is 5.92 Å². The minimum atomic E-state index is 0.521. The molecule has 7 rings (SSSR count). The van der Waals surface area contributed by atoms with Gasteiger partial charge in [-0.2, -0.15) is 0 Å². The molecular weight excluding hydrogens is 422 g/mol. The summed E-state index contributed by atoms with van der Waals surface area (Å²) in [6.07, 6.45) is 1.13. The lowest BCUT2D eigenvalue weighted by atomic mass is 9.93. The Morgan fingerprint density at radius 2 is 1.03 bits per heavy atom. The van der Waals surface area contributed by atoms with Gasteiger partial charge in [0.05, 0.1) is 16.6 Å². The average Bonchev–Trinajstić information content (AvgIpc) is 3.44. The van der Waals surface area contributed by atoms with Gasteiger partial charge in [0.1, 0.15) is 0 Å². The van der Waals surface area contributed by atoms with Gasteiger partial charge in [0.2, 0.25) is 0 Å². The molecule has 1 unspecified atom stereocenters. The van der Waals surface area contributed by atoms with Gasteiger partial charge in [0, 0.05) is 21.5 Å². The molecule has 0 aliphatic heterocycles. The molecule has 0 radical (unpaired) electrons. The van der Waals surface area contributed by atoms with Crippen LogP contribution in [-0.4, -0.2) is 4.40 Å². The average molecular weight is 450 g/mol. The monoisotopic (exact) mass is 449 g/mol. The van der Waals surface area contributed by atoms with Crippen molar-refractivity contribution in [3.8, 4) is 22.3 Å². The summed E-state index contributed by atoms with van der Waals surface area (Å²) in [5, 5.41) is 5.40. The molecule has 0 N–H and O–H groups in total. The molecule has 1 nitrogen and oxygen atoms in total. The predicted molar refractivity (Wildman–Crippen MR) is 151 cm³/mol. The van der Waals surface area contributed by atoms with E-state index >= 15 is 0 Å². The van der Waals surface area contributed by atoms with Crippen molar-refractivity contribution in [1.29, 1.82) is 0 Å². The van der Waals surface area contributed by atoms with Crippen molar-refractivity contribution in [2.45, 2.75) is 26.2 Å². The van der Waals surface area contributed by atoms with Crippen LogP contribution in [0, 0.1) is 0 Å². The fraction of sp³-hybridized carbons (Fsp3) is 0.118. The highest BCUT2D eigenvalue weighted by atomic mass is 14.9. The zero-order chi connectivity index (χ0) is 23.5. The van der Waals surface area contributed by atoms with Gasteiger partial charge in [-0.15, -0.1) is 0 Å². The third-order valence-electron chi connectivity index (χ3n) is 7.81. The number of nitrogens with zero attached hydrogens (tertiary/aromatic N) is 1. The molecule has 1 atom stereocenters. The second-order valence-electron chi connectivity index (χ2n) is 9.81. The van der Waals surface area contributed by atoms with E-state index in [1.165, 1.54) is 65.9 Å². The van der Waals surface area contributed by atoms with E-state index in [1.807, 2.05) is 0 Å². The van der Waals surface area contributed by atoms with Gasteiger partial charge in [0.25, 0.3) is 0 Å². The molecule has 1 heteroatoms. The highest BCUT2D eigenvalue weighted by Crippen LogP contribution is 2.43. The molecule has 0 bridgehead atoms. The summed E-state index contributed by atoms with van der Waals surface area (Å²) < 4.78 is 2.49. The molecule has 2 aromatic heterocycles. The molecule has 35 heavy (non-hydrogen) atoms. The van der Waals surface area contributed by atoms with Crippen molar-refractivity contribution in [1.82, 2.24) is 4.40 Å². The standard InChI is InChI=1S/C34H27N/c1-3-22(2)27-20-30-28-18-25(23-10-6-4-7-11-23)14-16-32(28)35-33-17-15-26(24-12-8-5-9-13-24)19-29(33)31(21-27)34(30)35/h4-22H,3H2,1-2H3. The van der Waals surface area contributed by atoms with Gasteiger partial charge in [-0.3, -0.25) is 0 Å². The normalized spacial score (nSPS) is 12.9. The van der Waals surface area contributed by atoms with Crippen molar-refractivity contribution in [3.05, 3.63) is 115 Å². The second-order valence-corrected chi connectivity index (χ2v) is 9.81. The van der Waals surface area contributed by atoms with Gasteiger partial charge in [-0.25, -0.2) is 0 Å². The summed E-state index contributed by atoms with van der Waals surface area (Å²) in [4.78, 5) is 0. The number of rotatable bonds is 4. The molecule has 0 saturated heterocycles. The first-order valence-corrected chi connectivity index (χ1v) is 12.6. The molecule has 0 saturated carbocycles. The number of fused-ring (bicyclic) bond motifs is 6. The van der Waals surface area contributed by atoms with E-state index in [0.717, 1.165) is 6.42 Å². The lowest BCUT2D eigenvalue weighted by Gasteiger charge is -2.10. The molecule has 168 valence electrons. The Kier molecular flexibility index (Phi) is 4.47. The lowest BCUT2D eigenvalue weighted by molar-refractivity contribution is 0.735. The van der Waals surface area contributed by atoms with Gasteiger partial charge in [0.15, 0.2) is 0 Å². The van der Waals surface area contributed by atoms with Crippen molar-refractivity contribution < 1.29 is 0 Å². The van der Waals surface area contributed by atoms with Gasteiger partial charge >= 0.3 is 0 Å². The van der Waals surface area contributed by atoms with Crippen LogP contribution < -0.4 is 0 Å². The minimum absolute atomic E-state index is 0.521. The third-order valence-corrected chi connectivity index (χ3v) is 7.81. The highest BCUT2D eigenvalue weighted by Gasteiger charge is 2.20. The zero-order valence-electron chi connectivity index (χ0n) is 20.1. The summed E-state index contributed by atoms with van der Waals surface area (Å²) in [6.45, 7) is 4.63. The zero-order valence-corrected chi connectivity index (χ0v) is 20.1. The Morgan fingerprint density at radius 3 is 1.49 bits per heavy atom. The van der Waals surface area contributed by atoms with E-state index in [2.05, 4.69) is 127 Å². The van der Waals surface area contributed by atoms with Gasteiger partial charge < -0.3 is 4.40 Å². The maximum absolute atomic E-state index is 2.49. The molecule has 0 fully saturated rings. The molecule has 5 aromatic carbocycles. The first kappa shape index (κ1) is 20.3. The molecule has 0 aliphatic carbocycles. The highest BCUT2D eigenvalue weighted by molar-refractivity contribution is 6.24. The van der Waals surface area contributed by atoms with Crippen LogP contribution in [0.2, 0.25) is 0 Å². The van der Waals surface area contributed by atoms with E-state index in [1.54, 1.807) is 0 Å². The van der Waals surface area contributed by atoms with E-state index in [4.69, 9.17) is 0 Å². The van der Waals surface area contributed by atoms with Crippen LogP contribution in [0.1, 0.15) is 31.7 Å². The largest absolute Gasteiger partial charge is 0.308 e. The quantitative estimate of drug-likeness (QED) is 0.252. The Balaban J connectivity index is 1.59. The van der Waals surface area contributed by atoms with Crippen LogP contribution in [0.15, 0.2) is 109 Å². The first-order chi connectivity index (χ1) is 17.2. The number of hydrogen-bond acceptors (Lipinski definition) is 0. The molecule has 7 aromatic rings. The Hall–Kier alpha value is -4.10. The fourth-order valence-electron chi connectivity index (χ4n) is 5.71. The fourth-order valence-corrected chi connectivity index (χ4v) is 5.71. The molecule has 2 heterocycles. The summed E-state index contributed by atoms with van der Waals surface area (Å²) in [7, 11) is 0. The predicted octanol–water partition coefficient (Wildman–Crippen LogP) is 9.68. The van der Waals surface area contributed by atoms with Crippen LogP contribution >= 0.6 is 0 Å². The maximum atomic E-state index is 2.49. The van der Waals surface area contributed by atoms with Crippen LogP contribution in [0.25, 0.3) is 60.3 Å². The van der Waals surface area contributed by atoms with Gasteiger partial charge in [-0.1, -0.05) is 86.6 Å². The van der Waals surface area contributed by atoms with E-state index in [-0.39, 0.29) is 0 Å². The van der Waals surface area contributed by atoms with Crippen LogP contribution in [0.3, 0.4) is 0 Å². The summed E-state index contributed by atoms with van der Waals surface area (Å²) in [5.74, 6) is 0.521. The Morgan fingerprint density at radius 1 is 0.543 bits per heavy atom. The number of benzene rings is 5. The number of aromatic nitrogens is 1. The second kappa shape index (κ2) is 7.71. The molecule has 0 spiro atoms. The maximum Gasteiger partial charge on any atom is 0.0620 e. The Labute approximate surface area is 205 Å². The van der Waals surface area contributed by atoms with Crippen molar-refractivity contribution in [2.75, 3.05) is 0 Å². The molecule has 0 amide bonds. The SMILES string of the molecule is CCC(C)c1cc2c3cc(-c4ccccc4)ccc3n3c4ccc(-c5ccccc5)cc4c(c1)c23. The first-order valence-electron chi connectivity index (χ1n) is 12.6. The van der Waals surface area contributed by atoms with E-state index in [9.17, 15) is 0 Å². The van der Waals surface area contributed by atoms with Crippen molar-refractivity contribution >= 4 is 38.1 Å². The van der Waals surface area contributed by atoms with Crippen molar-refractivity contribution in [3.63, 3.8) is 0 Å². The van der Waals surface area contributed by atoms with Crippen LogP contribution in [0.4, 0.5) is 0 Å². The molecular formula is C34H27N. The van der Waals surface area contributed by atoms with Crippen LogP contribution in [-0.2, 0) is 0 Å². The number of hydrogen-bond donors (Lipinski definition) is 0. The smallest absolute Gasteiger partial charge is 0.0620 e. The lowest BCUT2D eigenvalue weighted by Crippen LogP contribution is -1.90. The third kappa shape index (κ3) is 3.01. The summed E-state index contributed by atoms with van der Waals surface area (Å²) in [5.41, 5.74) is 10.4. The van der Waals surface area contributed by atoms with Crippen molar-refractivity contribution in [2.24, 2.45) is 0 Å². The summed E-state index contributed by atoms with van der Waals surface area (Å²) in [6, 6.07) is 40.2. The van der Waals surface area contributed by atoms with E-state index < -0.39 is 0 Å². The minimum Gasteiger partial charge on any atom is -0.308 e. The summed E-state index contributed by atoms with van der Waals surface area (Å²) >= 11 is 0.